The number of rotatable bonds is 5. The molecule has 10 heteroatoms. The minimum absolute atomic E-state index is 0.0579. The molecule has 2 aliphatic rings. The van der Waals surface area contributed by atoms with Gasteiger partial charge in [0.15, 0.2) is 0 Å². The molecule has 3 aromatic rings. The Kier molecular flexibility index (Phi) is 7.26. The molecule has 1 saturated carbocycles. The van der Waals surface area contributed by atoms with Crippen LogP contribution in [0.3, 0.4) is 0 Å². The summed E-state index contributed by atoms with van der Waals surface area (Å²) in [5.74, 6) is -1.37. The number of carbonyl (C=O) groups excluding carboxylic acids is 2. The third-order valence-electron chi connectivity index (χ3n) is 7.12. The fourth-order valence-corrected chi connectivity index (χ4v) is 6.94. The number of carbonyl (C=O) groups is 2. The first-order valence-electron chi connectivity index (χ1n) is 13.2. The number of hydrogen-bond donors (Lipinski definition) is 0. The summed E-state index contributed by atoms with van der Waals surface area (Å²) in [7, 11) is 1.73. The van der Waals surface area contributed by atoms with Crippen LogP contribution < -0.4 is 5.43 Å². The fraction of sp³-hybridized carbons (Fsp3) is 0.483. The van der Waals surface area contributed by atoms with E-state index in [1.54, 1.807) is 18.9 Å². The molecule has 2 aromatic heterocycles. The zero-order valence-electron chi connectivity index (χ0n) is 22.7. The van der Waals surface area contributed by atoms with Gasteiger partial charge in [0.2, 0.25) is 5.43 Å². The summed E-state index contributed by atoms with van der Waals surface area (Å²) in [5, 5.41) is 0.197. The van der Waals surface area contributed by atoms with Gasteiger partial charge in [0.25, 0.3) is 0 Å². The molecule has 2 aliphatic carbocycles. The molecule has 0 bridgehead atoms. The van der Waals surface area contributed by atoms with E-state index in [0.29, 0.717) is 10.4 Å². The van der Waals surface area contributed by atoms with Gasteiger partial charge in [0.05, 0.1) is 28.6 Å². The zero-order chi connectivity index (χ0) is 28.2. The normalized spacial score (nSPS) is 17.2. The van der Waals surface area contributed by atoms with Gasteiger partial charge in [0.1, 0.15) is 17.0 Å². The van der Waals surface area contributed by atoms with E-state index in [4.69, 9.17) is 21.1 Å². The third kappa shape index (κ3) is 5.18. The maximum Gasteiger partial charge on any atom is 0.410 e. The third-order valence-corrected chi connectivity index (χ3v) is 8.72. The second kappa shape index (κ2) is 10.2. The quantitative estimate of drug-likeness (QED) is 0.299. The van der Waals surface area contributed by atoms with Gasteiger partial charge in [-0.2, -0.15) is 0 Å². The van der Waals surface area contributed by atoms with Gasteiger partial charge >= 0.3 is 12.1 Å². The summed E-state index contributed by atoms with van der Waals surface area (Å²) in [6.45, 7) is 7.28. The maximum absolute atomic E-state index is 15.8. The summed E-state index contributed by atoms with van der Waals surface area (Å²) < 4.78 is 28.3. The van der Waals surface area contributed by atoms with E-state index in [1.807, 2.05) is 31.4 Å². The van der Waals surface area contributed by atoms with Crippen LogP contribution in [0.2, 0.25) is 5.02 Å². The average Bonchev–Trinajstić information content (AvgIpc) is 3.61. The van der Waals surface area contributed by atoms with Crippen LogP contribution in [0, 0.1) is 5.82 Å². The molecule has 1 amide bonds. The van der Waals surface area contributed by atoms with Crippen LogP contribution in [0.5, 0.6) is 0 Å². The smallest absolute Gasteiger partial charge is 0.410 e. The van der Waals surface area contributed by atoms with Crippen LogP contribution in [0.1, 0.15) is 86.3 Å². The first-order chi connectivity index (χ1) is 18.4. The Morgan fingerprint density at radius 3 is 2.59 bits per heavy atom. The highest BCUT2D eigenvalue weighted by atomic mass is 35.5. The molecule has 0 saturated heterocycles. The van der Waals surface area contributed by atoms with Gasteiger partial charge in [-0.1, -0.05) is 11.6 Å². The fourth-order valence-electron chi connectivity index (χ4n) is 5.18. The van der Waals surface area contributed by atoms with Gasteiger partial charge in [-0.05, 0) is 77.5 Å². The molecule has 208 valence electrons. The molecular weight excluding hydrogens is 543 g/mol. The zero-order valence-corrected chi connectivity index (χ0v) is 24.3. The van der Waals surface area contributed by atoms with E-state index >= 15 is 4.39 Å². The number of thiophene rings is 1. The molecule has 5 rings (SSSR count). The van der Waals surface area contributed by atoms with Crippen LogP contribution in [-0.2, 0) is 15.9 Å². The standard InChI is InChI=1S/C29H32ClFN2O5S/c1-6-37-27(35)18-14-33(15-10-11-15)25-17(26(18)34)12-19(31)23(24(25)30)22-13-16-20(8-7-9-21(16)39-22)32(5)28(36)38-29(2,3)4/h12-15,20H,6-11H2,1-5H3. The van der Waals surface area contributed by atoms with Crippen molar-refractivity contribution in [1.82, 2.24) is 9.47 Å². The number of esters is 1. The van der Waals surface area contributed by atoms with Crippen molar-refractivity contribution in [1.29, 1.82) is 0 Å². The first kappa shape index (κ1) is 27.6. The van der Waals surface area contributed by atoms with E-state index in [1.165, 1.54) is 23.6 Å². The molecule has 1 fully saturated rings. The topological polar surface area (TPSA) is 77.8 Å². The van der Waals surface area contributed by atoms with E-state index in [-0.39, 0.29) is 40.2 Å². The van der Waals surface area contributed by atoms with Crippen molar-refractivity contribution in [2.24, 2.45) is 0 Å². The number of nitrogens with zero attached hydrogens (tertiary/aromatic N) is 2. The van der Waals surface area contributed by atoms with E-state index in [9.17, 15) is 14.4 Å². The Balaban J connectivity index is 1.62. The van der Waals surface area contributed by atoms with Gasteiger partial charge in [-0.3, -0.25) is 4.79 Å². The van der Waals surface area contributed by atoms with Crippen LogP contribution in [0.25, 0.3) is 21.3 Å². The van der Waals surface area contributed by atoms with Crippen molar-refractivity contribution >= 4 is 45.9 Å². The molecule has 0 spiro atoms. The van der Waals surface area contributed by atoms with Crippen LogP contribution in [0.15, 0.2) is 23.1 Å². The lowest BCUT2D eigenvalue weighted by atomic mass is 9.92. The molecule has 1 unspecified atom stereocenters. The molecule has 1 aromatic carbocycles. The van der Waals surface area contributed by atoms with Crippen molar-refractivity contribution in [3.8, 4) is 10.4 Å². The molecule has 0 aliphatic heterocycles. The minimum Gasteiger partial charge on any atom is -0.462 e. The number of ether oxygens (including phenoxy) is 2. The van der Waals surface area contributed by atoms with Crippen molar-refractivity contribution < 1.29 is 23.5 Å². The number of aromatic nitrogens is 1. The Morgan fingerprint density at radius 2 is 1.95 bits per heavy atom. The van der Waals surface area contributed by atoms with E-state index in [2.05, 4.69) is 0 Å². The van der Waals surface area contributed by atoms with Crippen molar-refractivity contribution in [3.05, 3.63) is 55.4 Å². The van der Waals surface area contributed by atoms with Gasteiger partial charge in [-0.25, -0.2) is 14.0 Å². The number of halogens is 2. The minimum atomic E-state index is -0.731. The molecule has 0 radical (unpaired) electrons. The predicted octanol–water partition coefficient (Wildman–Crippen LogP) is 7.28. The van der Waals surface area contributed by atoms with Crippen molar-refractivity contribution in [2.45, 2.75) is 77.5 Å². The molecule has 1 atom stereocenters. The van der Waals surface area contributed by atoms with Crippen LogP contribution >= 0.6 is 22.9 Å². The van der Waals surface area contributed by atoms with E-state index < -0.39 is 28.9 Å². The highest BCUT2D eigenvalue weighted by Crippen LogP contribution is 2.47. The van der Waals surface area contributed by atoms with Crippen molar-refractivity contribution in [2.75, 3.05) is 13.7 Å². The lowest BCUT2D eigenvalue weighted by molar-refractivity contribution is 0.0205. The number of pyridine rings is 1. The van der Waals surface area contributed by atoms with Crippen LogP contribution in [-0.4, -0.2) is 40.8 Å². The molecule has 0 N–H and O–H groups in total. The summed E-state index contributed by atoms with van der Waals surface area (Å²) >= 11 is 8.37. The summed E-state index contributed by atoms with van der Waals surface area (Å²) in [4.78, 5) is 41.9. The van der Waals surface area contributed by atoms with E-state index in [0.717, 1.165) is 42.5 Å². The lowest BCUT2D eigenvalue weighted by Crippen LogP contribution is -2.37. The number of benzene rings is 1. The molecule has 39 heavy (non-hydrogen) atoms. The highest BCUT2D eigenvalue weighted by molar-refractivity contribution is 7.15. The average molecular weight is 575 g/mol. The number of fused-ring (bicyclic) bond motifs is 2. The SMILES string of the molecule is CCOC(=O)c1cn(C2CC2)c2c(Cl)c(-c3cc4c(s3)CCCC4N(C)C(=O)OC(C)(C)C)c(F)cc2c1=O. The summed E-state index contributed by atoms with van der Waals surface area (Å²) in [5.41, 5.74) is 0.260. The lowest BCUT2D eigenvalue weighted by Gasteiger charge is -2.33. The summed E-state index contributed by atoms with van der Waals surface area (Å²) in [6, 6.07) is 2.96. The van der Waals surface area contributed by atoms with Gasteiger partial charge in [-0.15, -0.1) is 11.3 Å². The second-order valence-electron chi connectivity index (χ2n) is 11.2. The largest absolute Gasteiger partial charge is 0.462 e. The highest BCUT2D eigenvalue weighted by Gasteiger charge is 2.34. The first-order valence-corrected chi connectivity index (χ1v) is 14.4. The Bertz CT molecular complexity index is 1540. The summed E-state index contributed by atoms with van der Waals surface area (Å²) in [6.07, 6.45) is 5.31. The van der Waals surface area contributed by atoms with Gasteiger partial charge < -0.3 is 18.9 Å². The van der Waals surface area contributed by atoms with Gasteiger partial charge in [0, 0.05) is 34.6 Å². The predicted molar refractivity (Wildman–Crippen MR) is 150 cm³/mol. The number of hydrogen-bond acceptors (Lipinski definition) is 6. The Hall–Kier alpha value is -2.91. The second-order valence-corrected chi connectivity index (χ2v) is 12.7. The Labute approximate surface area is 235 Å². The maximum atomic E-state index is 15.8. The molecular formula is C29H32ClFN2O5S. The molecule has 7 nitrogen and oxygen atoms in total. The van der Waals surface area contributed by atoms with Crippen molar-refractivity contribution in [3.63, 3.8) is 0 Å². The number of amides is 1. The monoisotopic (exact) mass is 574 g/mol. The number of aryl methyl sites for hydroxylation is 1. The van der Waals surface area contributed by atoms with Crippen LogP contribution in [0.4, 0.5) is 9.18 Å². The Morgan fingerprint density at radius 1 is 1.23 bits per heavy atom. The molecule has 2 heterocycles.